The van der Waals surface area contributed by atoms with E-state index in [2.05, 4.69) is 0 Å². The number of carboxylic acids is 1. The van der Waals surface area contributed by atoms with Crippen LogP contribution in [0.4, 0.5) is 19.4 Å². The summed E-state index contributed by atoms with van der Waals surface area (Å²) in [6.45, 7) is 1.21. The third kappa shape index (κ3) is 3.79. The molecule has 0 aliphatic carbocycles. The minimum Gasteiger partial charge on any atom is -0.480 e. The van der Waals surface area contributed by atoms with Gasteiger partial charge in [0, 0.05) is 0 Å². The minimum absolute atomic E-state index is 0.261. The average Bonchev–Trinajstić information content (AvgIpc) is 1.75. The Balaban J connectivity index is 5.09. The van der Waals surface area contributed by atoms with Crippen molar-refractivity contribution in [3.8, 4) is 0 Å². The third-order valence-corrected chi connectivity index (χ3v) is 2.88. The smallest absolute Gasteiger partial charge is 0.326 e. The predicted octanol–water partition coefficient (Wildman–Crippen LogP) is 3.54. The lowest BCUT2D eigenvalue weighted by molar-refractivity contribution is -0.137. The first kappa shape index (κ1) is 12.5. The van der Waals surface area contributed by atoms with Crippen LogP contribution in [0.3, 0.4) is 0 Å². The molecule has 0 amide bonds. The van der Waals surface area contributed by atoms with Gasteiger partial charge in [0.05, 0.1) is 0 Å². The second-order valence-corrected chi connectivity index (χ2v) is 5.27. The van der Waals surface area contributed by atoms with Gasteiger partial charge in [0.1, 0.15) is 0 Å². The maximum absolute atomic E-state index is 11.9. The Morgan fingerprint density at radius 3 is 1.77 bits per heavy atom. The van der Waals surface area contributed by atoms with Crippen molar-refractivity contribution >= 4 is 16.2 Å². The maximum Gasteiger partial charge on any atom is 0.326 e. The van der Waals surface area contributed by atoms with Crippen LogP contribution in [0.15, 0.2) is 0 Å². The highest BCUT2D eigenvalue weighted by Crippen LogP contribution is 3.00. The largest absolute Gasteiger partial charge is 0.480 e. The molecule has 1 N–H and O–H groups in total. The molecule has 0 aliphatic rings. The van der Waals surface area contributed by atoms with Gasteiger partial charge >= 0.3 is 5.97 Å². The van der Waals surface area contributed by atoms with E-state index in [1.807, 2.05) is 0 Å². The Bertz CT molecular complexity index is 218. The molecule has 0 aromatic rings. The zero-order valence-corrected chi connectivity index (χ0v) is 7.46. The Labute approximate surface area is 71.5 Å². The molecule has 0 radical (unpaired) electrons. The lowest BCUT2D eigenvalue weighted by Gasteiger charge is -2.44. The van der Waals surface area contributed by atoms with Crippen molar-refractivity contribution < 1.29 is 29.3 Å². The Kier molecular flexibility index (Phi) is 2.39. The van der Waals surface area contributed by atoms with Gasteiger partial charge in [-0.3, -0.25) is 4.79 Å². The van der Waals surface area contributed by atoms with Crippen LogP contribution in [-0.2, 0) is 4.79 Å². The maximum atomic E-state index is 11.9. The molecule has 0 spiro atoms. The average molecular weight is 228 g/mol. The summed E-state index contributed by atoms with van der Waals surface area (Å²) in [7, 11) is -9.87. The quantitative estimate of drug-likeness (QED) is 0.747. The van der Waals surface area contributed by atoms with Crippen molar-refractivity contribution in [3.63, 3.8) is 0 Å². The van der Waals surface area contributed by atoms with E-state index in [0.29, 0.717) is 0 Å². The second kappa shape index (κ2) is 2.49. The van der Waals surface area contributed by atoms with E-state index in [1.54, 1.807) is 0 Å². The second-order valence-electron chi connectivity index (χ2n) is 2.64. The molecule has 0 rings (SSSR count). The molecule has 13 heavy (non-hydrogen) atoms. The van der Waals surface area contributed by atoms with Crippen LogP contribution in [0.25, 0.3) is 0 Å². The van der Waals surface area contributed by atoms with Crippen molar-refractivity contribution in [1.29, 1.82) is 0 Å². The molecule has 0 heterocycles. The molecular formula is C5H9F5O2S. The Hall–Kier alpha value is -0.530. The molecule has 0 fully saturated rings. The molecule has 1 unspecified atom stereocenters. The molecule has 0 bridgehead atoms. The van der Waals surface area contributed by atoms with Gasteiger partial charge in [-0.15, -0.1) is 0 Å². The topological polar surface area (TPSA) is 37.3 Å². The van der Waals surface area contributed by atoms with Gasteiger partial charge in [-0.2, -0.15) is 0 Å². The first-order valence-electron chi connectivity index (χ1n) is 3.34. The van der Waals surface area contributed by atoms with E-state index in [9.17, 15) is 24.2 Å². The van der Waals surface area contributed by atoms with Crippen LogP contribution >= 0.6 is 10.2 Å². The number of aliphatic carboxylic acids is 1. The van der Waals surface area contributed by atoms with Crippen LogP contribution in [0.1, 0.15) is 19.8 Å². The number of rotatable bonds is 4. The number of hydrogen-bond acceptors (Lipinski definition) is 1. The van der Waals surface area contributed by atoms with Crippen LogP contribution in [-0.4, -0.2) is 16.3 Å². The zero-order chi connectivity index (χ0) is 11.0. The zero-order valence-electron chi connectivity index (χ0n) is 6.65. The fourth-order valence-corrected chi connectivity index (χ4v) is 1.86. The summed E-state index contributed by atoms with van der Waals surface area (Å²) in [5, 5.41) is 4.48. The molecule has 82 valence electrons. The molecular weight excluding hydrogens is 219 g/mol. The standard InChI is InChI=1S/C5H9F5O2S/c1-2-3-4(5(11)12)13(6,7,8,9)10/h4H,2-3H2,1H3,(H,11,12). The first-order chi connectivity index (χ1) is 5.38. The predicted molar refractivity (Wildman–Crippen MR) is 39.5 cm³/mol. The van der Waals surface area contributed by atoms with Gasteiger partial charge in [-0.25, -0.2) is 0 Å². The Morgan fingerprint density at radius 2 is 1.69 bits per heavy atom. The van der Waals surface area contributed by atoms with Gasteiger partial charge in [0.25, 0.3) is 10.2 Å². The number of carboxylic acid groups (broad SMARTS) is 1. The van der Waals surface area contributed by atoms with Crippen LogP contribution in [0.5, 0.6) is 0 Å². The van der Waals surface area contributed by atoms with Crippen molar-refractivity contribution in [2.45, 2.75) is 25.0 Å². The van der Waals surface area contributed by atoms with E-state index in [0.717, 1.165) is 0 Å². The summed E-state index contributed by atoms with van der Waals surface area (Å²) >= 11 is 0. The van der Waals surface area contributed by atoms with Gasteiger partial charge in [-0.1, -0.05) is 32.8 Å². The first-order valence-corrected chi connectivity index (χ1v) is 5.35. The van der Waals surface area contributed by atoms with Gasteiger partial charge in [0.2, 0.25) is 0 Å². The van der Waals surface area contributed by atoms with Gasteiger partial charge < -0.3 is 5.11 Å². The summed E-state index contributed by atoms with van der Waals surface area (Å²) in [5.74, 6) is -2.51. The minimum atomic E-state index is -9.87. The van der Waals surface area contributed by atoms with E-state index in [-0.39, 0.29) is 6.42 Å². The fourth-order valence-electron chi connectivity index (χ4n) is 0.799. The van der Waals surface area contributed by atoms with E-state index in [1.165, 1.54) is 6.92 Å². The monoisotopic (exact) mass is 228 g/mol. The van der Waals surface area contributed by atoms with E-state index in [4.69, 9.17) is 5.11 Å². The SMILES string of the molecule is CCCC(C(=O)O)S(F)(F)(F)(F)F. The molecule has 1 atom stereocenters. The van der Waals surface area contributed by atoms with Crippen molar-refractivity contribution in [2.24, 2.45) is 0 Å². The summed E-state index contributed by atoms with van der Waals surface area (Å²) in [6, 6.07) is 0. The fraction of sp³-hybridized carbons (Fsp3) is 0.800. The lowest BCUT2D eigenvalue weighted by Crippen LogP contribution is -2.33. The molecule has 0 aromatic heterocycles. The molecule has 8 heteroatoms. The summed E-state index contributed by atoms with van der Waals surface area (Å²) in [4.78, 5) is 9.98. The Morgan fingerprint density at radius 1 is 1.31 bits per heavy atom. The summed E-state index contributed by atoms with van der Waals surface area (Å²) in [6.07, 6.45) is -1.35. The highest BCUT2D eigenvalue weighted by molar-refractivity contribution is 8.46. The number of hydrogen-bond donors (Lipinski definition) is 1. The number of halogens is 5. The van der Waals surface area contributed by atoms with Crippen molar-refractivity contribution in [3.05, 3.63) is 0 Å². The van der Waals surface area contributed by atoms with Crippen molar-refractivity contribution in [2.75, 3.05) is 0 Å². The van der Waals surface area contributed by atoms with Gasteiger partial charge in [0.15, 0.2) is 5.25 Å². The summed E-state index contributed by atoms with van der Waals surface area (Å²) in [5.41, 5.74) is 0. The van der Waals surface area contributed by atoms with E-state index >= 15 is 0 Å². The molecule has 2 nitrogen and oxygen atoms in total. The lowest BCUT2D eigenvalue weighted by atomic mass is 10.2. The van der Waals surface area contributed by atoms with Crippen LogP contribution < -0.4 is 0 Å². The number of carbonyl (C=O) groups is 1. The van der Waals surface area contributed by atoms with Crippen molar-refractivity contribution in [1.82, 2.24) is 0 Å². The van der Waals surface area contributed by atoms with Crippen LogP contribution in [0, 0.1) is 0 Å². The summed E-state index contributed by atoms with van der Waals surface area (Å²) < 4.78 is 59.7. The highest BCUT2D eigenvalue weighted by atomic mass is 32.5. The highest BCUT2D eigenvalue weighted by Gasteiger charge is 2.72. The molecule has 0 aliphatic heterocycles. The van der Waals surface area contributed by atoms with Gasteiger partial charge in [-0.05, 0) is 6.42 Å². The molecule has 0 saturated heterocycles. The van der Waals surface area contributed by atoms with Crippen LogP contribution in [0.2, 0.25) is 0 Å². The third-order valence-electron chi connectivity index (χ3n) is 1.36. The molecule has 0 aromatic carbocycles. The molecule has 0 saturated carbocycles. The van der Waals surface area contributed by atoms with E-state index < -0.39 is 27.9 Å². The normalized spacial score (nSPS) is 20.2.